The molecular weight excluding hydrogens is 313 g/mol. The Bertz CT molecular complexity index is 642. The molecule has 0 aliphatic heterocycles. The summed E-state index contributed by atoms with van der Waals surface area (Å²) in [5.74, 6) is 0.503. The Hall–Kier alpha value is -2.48. The highest BCUT2D eigenvalue weighted by molar-refractivity contribution is 5.90. The number of urea groups is 1. The van der Waals surface area contributed by atoms with Crippen molar-refractivity contribution in [3.63, 3.8) is 0 Å². The number of anilines is 1. The first kappa shape index (κ1) is 16.9. The zero-order chi connectivity index (χ0) is 16.9. The van der Waals surface area contributed by atoms with E-state index in [0.29, 0.717) is 5.76 Å². The van der Waals surface area contributed by atoms with Crippen molar-refractivity contribution in [2.45, 2.75) is 12.3 Å². The van der Waals surface area contributed by atoms with Crippen molar-refractivity contribution in [1.29, 1.82) is 0 Å². The monoisotopic (exact) mass is 328 g/mol. The van der Waals surface area contributed by atoms with E-state index in [2.05, 4.69) is 10.6 Å². The highest BCUT2D eigenvalue weighted by Crippen LogP contribution is 2.34. The van der Waals surface area contributed by atoms with Crippen molar-refractivity contribution in [3.05, 3.63) is 54.0 Å². The summed E-state index contributed by atoms with van der Waals surface area (Å²) in [5, 5.41) is 4.63. The van der Waals surface area contributed by atoms with E-state index in [0.717, 1.165) is 6.07 Å². The molecule has 0 fully saturated rings. The lowest BCUT2D eigenvalue weighted by Crippen LogP contribution is -2.33. The van der Waals surface area contributed by atoms with Gasteiger partial charge in [0.15, 0.2) is 0 Å². The molecule has 0 radical (unpaired) electrons. The third-order valence-corrected chi connectivity index (χ3v) is 3.07. The number of hydrogen-bond donors (Lipinski definition) is 2. The summed E-state index contributed by atoms with van der Waals surface area (Å²) in [5.41, 5.74) is -1.23. The minimum Gasteiger partial charge on any atom is -0.467 e. The molecule has 0 spiro atoms. The molecule has 0 bridgehead atoms. The van der Waals surface area contributed by atoms with E-state index in [1.165, 1.54) is 31.6 Å². The standard InChI is InChI=1S/C15H15F3N2O3/c1-22-13(12-7-4-8-23-12)9-19-14(21)20-11-6-3-2-5-10(11)15(16,17)18/h2-8,13H,9H2,1H3,(H2,19,20,21)/t13-/m1/s1. The number of furan rings is 1. The van der Waals surface area contributed by atoms with Crippen LogP contribution in [-0.2, 0) is 10.9 Å². The van der Waals surface area contributed by atoms with Crippen LogP contribution in [0, 0.1) is 0 Å². The lowest BCUT2D eigenvalue weighted by atomic mass is 10.1. The molecule has 1 heterocycles. The van der Waals surface area contributed by atoms with E-state index >= 15 is 0 Å². The number of carbonyl (C=O) groups excluding carboxylic acids is 1. The lowest BCUT2D eigenvalue weighted by Gasteiger charge is -2.16. The number of amides is 2. The van der Waals surface area contributed by atoms with Crippen molar-refractivity contribution < 1.29 is 27.1 Å². The van der Waals surface area contributed by atoms with E-state index in [1.54, 1.807) is 12.1 Å². The zero-order valence-corrected chi connectivity index (χ0v) is 12.2. The minimum absolute atomic E-state index is 0.0457. The Kier molecular flexibility index (Phi) is 5.28. The molecule has 0 aliphatic rings. The second-order valence-corrected chi connectivity index (χ2v) is 4.62. The maximum atomic E-state index is 12.8. The number of halogens is 3. The number of rotatable bonds is 5. The molecule has 1 atom stereocenters. The molecule has 2 aromatic rings. The van der Waals surface area contributed by atoms with E-state index in [4.69, 9.17) is 9.15 Å². The smallest absolute Gasteiger partial charge is 0.418 e. The SMILES string of the molecule is CO[C@H](CNC(=O)Nc1ccccc1C(F)(F)F)c1ccco1. The van der Waals surface area contributed by atoms with Gasteiger partial charge in [-0.25, -0.2) is 4.79 Å². The zero-order valence-electron chi connectivity index (χ0n) is 12.2. The average molecular weight is 328 g/mol. The highest BCUT2D eigenvalue weighted by Gasteiger charge is 2.33. The van der Waals surface area contributed by atoms with Gasteiger partial charge in [0.1, 0.15) is 11.9 Å². The van der Waals surface area contributed by atoms with Crippen LogP contribution in [0.25, 0.3) is 0 Å². The van der Waals surface area contributed by atoms with E-state index in [1.807, 2.05) is 0 Å². The highest BCUT2D eigenvalue weighted by atomic mass is 19.4. The van der Waals surface area contributed by atoms with E-state index < -0.39 is 23.9 Å². The van der Waals surface area contributed by atoms with Crippen LogP contribution in [0.5, 0.6) is 0 Å². The summed E-state index contributed by atoms with van der Waals surface area (Å²) in [6, 6.07) is 7.32. The van der Waals surface area contributed by atoms with Gasteiger partial charge in [-0.15, -0.1) is 0 Å². The summed E-state index contributed by atoms with van der Waals surface area (Å²) >= 11 is 0. The van der Waals surface area contributed by atoms with Crippen LogP contribution < -0.4 is 10.6 Å². The molecule has 0 saturated carbocycles. The summed E-state index contributed by atoms with van der Waals surface area (Å²) in [6.07, 6.45) is -3.62. The van der Waals surface area contributed by atoms with Crippen molar-refractivity contribution in [2.24, 2.45) is 0 Å². The number of ether oxygens (including phenoxy) is 1. The van der Waals surface area contributed by atoms with Crippen LogP contribution in [0.3, 0.4) is 0 Å². The van der Waals surface area contributed by atoms with Gasteiger partial charge >= 0.3 is 12.2 Å². The predicted octanol–water partition coefficient (Wildman–Crippen LogP) is 3.81. The third kappa shape index (κ3) is 4.49. The fourth-order valence-electron chi connectivity index (χ4n) is 1.97. The molecule has 0 unspecified atom stereocenters. The van der Waals surface area contributed by atoms with Crippen molar-refractivity contribution in [1.82, 2.24) is 5.32 Å². The molecule has 2 N–H and O–H groups in total. The van der Waals surface area contributed by atoms with Crippen molar-refractivity contribution in [3.8, 4) is 0 Å². The normalized spacial score (nSPS) is 12.7. The quantitative estimate of drug-likeness (QED) is 0.877. The van der Waals surface area contributed by atoms with Gasteiger partial charge in [0.05, 0.1) is 24.1 Å². The van der Waals surface area contributed by atoms with Gasteiger partial charge in [0.25, 0.3) is 0 Å². The van der Waals surface area contributed by atoms with Crippen molar-refractivity contribution in [2.75, 3.05) is 19.0 Å². The van der Waals surface area contributed by atoms with Gasteiger partial charge in [0.2, 0.25) is 0 Å². The van der Waals surface area contributed by atoms with Crippen LogP contribution in [-0.4, -0.2) is 19.7 Å². The van der Waals surface area contributed by atoms with Gasteiger partial charge in [-0.3, -0.25) is 0 Å². The number of para-hydroxylation sites is 1. The molecule has 0 saturated heterocycles. The van der Waals surface area contributed by atoms with Gasteiger partial charge in [-0.2, -0.15) is 13.2 Å². The first-order valence-electron chi connectivity index (χ1n) is 6.69. The number of hydrogen-bond acceptors (Lipinski definition) is 3. The van der Waals surface area contributed by atoms with Crippen molar-refractivity contribution >= 4 is 11.7 Å². The first-order valence-corrected chi connectivity index (χ1v) is 6.69. The average Bonchev–Trinajstić information content (AvgIpc) is 3.01. The van der Waals surface area contributed by atoms with Crippen LogP contribution in [0.2, 0.25) is 0 Å². The number of methoxy groups -OCH3 is 1. The Morgan fingerprint density at radius 3 is 2.61 bits per heavy atom. The molecule has 5 nitrogen and oxygen atoms in total. The Morgan fingerprint density at radius 2 is 2.00 bits per heavy atom. The molecule has 8 heteroatoms. The van der Waals surface area contributed by atoms with Crippen LogP contribution in [0.15, 0.2) is 47.1 Å². The predicted molar refractivity (Wildman–Crippen MR) is 76.9 cm³/mol. The molecule has 0 aliphatic carbocycles. The summed E-state index contributed by atoms with van der Waals surface area (Å²) in [7, 11) is 1.44. The molecule has 124 valence electrons. The maximum absolute atomic E-state index is 12.8. The Morgan fingerprint density at radius 1 is 1.26 bits per heavy atom. The largest absolute Gasteiger partial charge is 0.467 e. The van der Waals surface area contributed by atoms with Crippen LogP contribution in [0.4, 0.5) is 23.7 Å². The second-order valence-electron chi connectivity index (χ2n) is 4.62. The number of carbonyl (C=O) groups is 1. The van der Waals surface area contributed by atoms with Gasteiger partial charge < -0.3 is 19.8 Å². The van der Waals surface area contributed by atoms with E-state index in [9.17, 15) is 18.0 Å². The molecular formula is C15H15F3N2O3. The van der Waals surface area contributed by atoms with Gasteiger partial charge in [-0.05, 0) is 24.3 Å². The molecule has 1 aromatic heterocycles. The summed E-state index contributed by atoms with van der Waals surface area (Å²) in [4.78, 5) is 11.8. The van der Waals surface area contributed by atoms with E-state index in [-0.39, 0.29) is 12.2 Å². The van der Waals surface area contributed by atoms with Gasteiger partial charge in [0, 0.05) is 7.11 Å². The number of benzene rings is 1. The molecule has 1 aromatic carbocycles. The lowest BCUT2D eigenvalue weighted by molar-refractivity contribution is -0.136. The topological polar surface area (TPSA) is 63.5 Å². The fourth-order valence-corrected chi connectivity index (χ4v) is 1.97. The number of nitrogens with one attached hydrogen (secondary N) is 2. The molecule has 2 amide bonds. The summed E-state index contributed by atoms with van der Waals surface area (Å²) < 4.78 is 48.9. The first-order chi connectivity index (χ1) is 10.9. The van der Waals surface area contributed by atoms with Gasteiger partial charge in [-0.1, -0.05) is 12.1 Å². The number of alkyl halides is 3. The summed E-state index contributed by atoms with van der Waals surface area (Å²) in [6.45, 7) is 0.0457. The molecule has 2 rings (SSSR count). The van der Waals surface area contributed by atoms with Crippen LogP contribution in [0.1, 0.15) is 17.4 Å². The minimum atomic E-state index is -4.55. The fraction of sp³-hybridized carbons (Fsp3) is 0.267. The van der Waals surface area contributed by atoms with Crippen LogP contribution >= 0.6 is 0 Å². The molecule has 23 heavy (non-hydrogen) atoms. The second kappa shape index (κ2) is 7.19. The Balaban J connectivity index is 1.98. The third-order valence-electron chi connectivity index (χ3n) is 3.07. The maximum Gasteiger partial charge on any atom is 0.418 e. The Labute approximate surface area is 130 Å².